The van der Waals surface area contributed by atoms with Crippen LogP contribution in [0.1, 0.15) is 25.7 Å². The van der Waals surface area contributed by atoms with Gasteiger partial charge >= 0.3 is 0 Å². The van der Waals surface area contributed by atoms with Crippen LogP contribution in [0, 0.1) is 11.8 Å². The molecule has 0 saturated heterocycles. The first-order valence-electron chi connectivity index (χ1n) is 6.70. The minimum Gasteiger partial charge on any atom is -0.423 e. The molecule has 0 aliphatic heterocycles. The standard InChI is InChI=1S/C14H17N3O/c15-10-3-4-11-13(7-10)18-14(16-11)17-12-6-8-1-2-9(12)5-8/h3-4,7-9,12H,1-2,5-6,15H2,(H,16,17). The number of aromatic nitrogens is 1. The summed E-state index contributed by atoms with van der Waals surface area (Å²) < 4.78 is 5.72. The molecule has 4 heteroatoms. The second kappa shape index (κ2) is 3.64. The highest BCUT2D eigenvalue weighted by Gasteiger charge is 2.39. The van der Waals surface area contributed by atoms with E-state index in [4.69, 9.17) is 10.2 Å². The zero-order valence-electron chi connectivity index (χ0n) is 10.2. The Hall–Kier alpha value is -1.71. The lowest BCUT2D eigenvalue weighted by molar-refractivity contribution is 0.429. The summed E-state index contributed by atoms with van der Waals surface area (Å²) >= 11 is 0. The number of nitrogen functional groups attached to an aromatic ring is 1. The van der Waals surface area contributed by atoms with Crippen molar-refractivity contribution in [3.63, 3.8) is 0 Å². The van der Waals surface area contributed by atoms with E-state index < -0.39 is 0 Å². The van der Waals surface area contributed by atoms with Crippen LogP contribution in [-0.4, -0.2) is 11.0 Å². The fourth-order valence-corrected chi connectivity index (χ4v) is 3.58. The van der Waals surface area contributed by atoms with Gasteiger partial charge in [0.25, 0.3) is 6.01 Å². The van der Waals surface area contributed by atoms with Gasteiger partial charge in [-0.3, -0.25) is 0 Å². The monoisotopic (exact) mass is 243 g/mol. The Balaban J connectivity index is 1.59. The second-order valence-corrected chi connectivity index (χ2v) is 5.67. The number of hydrogen-bond donors (Lipinski definition) is 2. The van der Waals surface area contributed by atoms with Gasteiger partial charge in [0.05, 0.1) is 0 Å². The summed E-state index contributed by atoms with van der Waals surface area (Å²) in [5.74, 6) is 1.74. The maximum atomic E-state index is 5.74. The summed E-state index contributed by atoms with van der Waals surface area (Å²) in [4.78, 5) is 4.47. The van der Waals surface area contributed by atoms with Crippen molar-refractivity contribution < 1.29 is 4.42 Å². The van der Waals surface area contributed by atoms with Gasteiger partial charge in [-0.1, -0.05) is 6.42 Å². The van der Waals surface area contributed by atoms with Crippen molar-refractivity contribution in [2.75, 3.05) is 11.1 Å². The number of nitrogens with two attached hydrogens (primary N) is 1. The lowest BCUT2D eigenvalue weighted by Crippen LogP contribution is -2.25. The van der Waals surface area contributed by atoms with Crippen LogP contribution < -0.4 is 11.1 Å². The number of rotatable bonds is 2. The Morgan fingerprint density at radius 1 is 1.28 bits per heavy atom. The summed E-state index contributed by atoms with van der Waals surface area (Å²) in [5.41, 5.74) is 8.09. The topological polar surface area (TPSA) is 64.1 Å². The first kappa shape index (κ1) is 10.2. The number of nitrogens with zero attached hydrogens (tertiary/aromatic N) is 1. The second-order valence-electron chi connectivity index (χ2n) is 5.67. The Bertz CT molecular complexity index is 592. The van der Waals surface area contributed by atoms with Crippen LogP contribution in [0.2, 0.25) is 0 Å². The molecule has 1 aromatic carbocycles. The third-order valence-corrected chi connectivity index (χ3v) is 4.46. The van der Waals surface area contributed by atoms with Crippen molar-refractivity contribution in [1.82, 2.24) is 4.98 Å². The average molecular weight is 243 g/mol. The van der Waals surface area contributed by atoms with Crippen LogP contribution in [0.3, 0.4) is 0 Å². The summed E-state index contributed by atoms with van der Waals surface area (Å²) in [5, 5.41) is 3.46. The highest BCUT2D eigenvalue weighted by atomic mass is 16.4. The summed E-state index contributed by atoms with van der Waals surface area (Å²) in [6.45, 7) is 0. The Kier molecular flexibility index (Phi) is 2.07. The van der Waals surface area contributed by atoms with Crippen LogP contribution in [-0.2, 0) is 0 Å². The summed E-state index contributed by atoms with van der Waals surface area (Å²) in [6, 6.07) is 6.78. The molecule has 1 aromatic heterocycles. The van der Waals surface area contributed by atoms with Crippen LogP contribution in [0.25, 0.3) is 11.1 Å². The highest BCUT2D eigenvalue weighted by molar-refractivity contribution is 5.78. The molecule has 94 valence electrons. The molecule has 2 aliphatic rings. The van der Waals surface area contributed by atoms with Crippen LogP contribution in [0.4, 0.5) is 11.7 Å². The van der Waals surface area contributed by atoms with Crippen molar-refractivity contribution in [3.05, 3.63) is 18.2 Å². The molecule has 1 heterocycles. The quantitative estimate of drug-likeness (QED) is 0.796. The number of oxazole rings is 1. The van der Waals surface area contributed by atoms with E-state index in [2.05, 4.69) is 10.3 Å². The molecular weight excluding hydrogens is 226 g/mol. The van der Waals surface area contributed by atoms with Gasteiger partial charge in [-0.05, 0) is 43.2 Å². The Labute approximate surface area is 106 Å². The number of anilines is 2. The van der Waals surface area contributed by atoms with Gasteiger partial charge in [-0.25, -0.2) is 0 Å². The molecular formula is C14H17N3O. The first-order chi connectivity index (χ1) is 8.78. The van der Waals surface area contributed by atoms with Crippen molar-refractivity contribution in [2.45, 2.75) is 31.7 Å². The third-order valence-electron chi connectivity index (χ3n) is 4.46. The smallest absolute Gasteiger partial charge is 0.295 e. The van der Waals surface area contributed by atoms with E-state index in [0.717, 1.165) is 22.9 Å². The molecule has 3 N–H and O–H groups in total. The molecule has 0 amide bonds. The summed E-state index contributed by atoms with van der Waals surface area (Å²) in [6.07, 6.45) is 5.42. The predicted molar refractivity (Wildman–Crippen MR) is 71.3 cm³/mol. The lowest BCUT2D eigenvalue weighted by Gasteiger charge is -2.21. The van der Waals surface area contributed by atoms with E-state index >= 15 is 0 Å². The molecule has 2 saturated carbocycles. The van der Waals surface area contributed by atoms with Gasteiger partial charge in [0.1, 0.15) is 5.52 Å². The van der Waals surface area contributed by atoms with Crippen molar-refractivity contribution in [1.29, 1.82) is 0 Å². The molecule has 18 heavy (non-hydrogen) atoms. The SMILES string of the molecule is Nc1ccc2nc(NC3CC4CCC3C4)oc2c1. The fourth-order valence-electron chi connectivity index (χ4n) is 3.58. The van der Waals surface area contributed by atoms with E-state index in [9.17, 15) is 0 Å². The van der Waals surface area contributed by atoms with Crippen LogP contribution in [0.15, 0.2) is 22.6 Å². The molecule has 3 atom stereocenters. The number of nitrogens with one attached hydrogen (secondary N) is 1. The van der Waals surface area contributed by atoms with E-state index in [-0.39, 0.29) is 0 Å². The molecule has 0 radical (unpaired) electrons. The van der Waals surface area contributed by atoms with E-state index in [0.29, 0.717) is 17.7 Å². The van der Waals surface area contributed by atoms with Crippen molar-refractivity contribution in [2.24, 2.45) is 11.8 Å². The van der Waals surface area contributed by atoms with E-state index in [1.54, 1.807) is 0 Å². The first-order valence-corrected chi connectivity index (χ1v) is 6.70. The van der Waals surface area contributed by atoms with E-state index in [1.807, 2.05) is 18.2 Å². The zero-order chi connectivity index (χ0) is 12.1. The number of benzene rings is 1. The predicted octanol–water partition coefficient (Wildman–Crippen LogP) is 3.01. The third kappa shape index (κ3) is 1.55. The molecule has 3 unspecified atom stereocenters. The minimum atomic E-state index is 0.550. The highest BCUT2D eigenvalue weighted by Crippen LogP contribution is 2.45. The number of fused-ring (bicyclic) bond motifs is 3. The zero-order valence-corrected chi connectivity index (χ0v) is 10.2. The number of hydrogen-bond acceptors (Lipinski definition) is 4. The molecule has 2 bridgehead atoms. The Morgan fingerprint density at radius 3 is 3.00 bits per heavy atom. The van der Waals surface area contributed by atoms with Crippen LogP contribution in [0.5, 0.6) is 0 Å². The minimum absolute atomic E-state index is 0.550. The fraction of sp³-hybridized carbons (Fsp3) is 0.500. The normalized spacial score (nSPS) is 30.1. The van der Waals surface area contributed by atoms with Crippen LogP contribution >= 0.6 is 0 Å². The molecule has 2 aliphatic carbocycles. The van der Waals surface area contributed by atoms with Gasteiger partial charge < -0.3 is 15.5 Å². The lowest BCUT2D eigenvalue weighted by atomic mass is 9.96. The largest absolute Gasteiger partial charge is 0.423 e. The maximum absolute atomic E-state index is 5.74. The maximum Gasteiger partial charge on any atom is 0.295 e. The van der Waals surface area contributed by atoms with Crippen molar-refractivity contribution >= 4 is 22.8 Å². The summed E-state index contributed by atoms with van der Waals surface area (Å²) in [7, 11) is 0. The van der Waals surface area contributed by atoms with E-state index in [1.165, 1.54) is 25.7 Å². The molecule has 0 spiro atoms. The van der Waals surface area contributed by atoms with Gasteiger partial charge in [-0.2, -0.15) is 4.98 Å². The molecule has 2 aromatic rings. The Morgan fingerprint density at radius 2 is 2.22 bits per heavy atom. The van der Waals surface area contributed by atoms with Gasteiger partial charge in [-0.15, -0.1) is 0 Å². The average Bonchev–Trinajstić information content (AvgIpc) is 3.02. The van der Waals surface area contributed by atoms with Gasteiger partial charge in [0, 0.05) is 17.8 Å². The molecule has 4 rings (SSSR count). The van der Waals surface area contributed by atoms with Gasteiger partial charge in [0.15, 0.2) is 5.58 Å². The van der Waals surface area contributed by atoms with Crippen molar-refractivity contribution in [3.8, 4) is 0 Å². The molecule has 2 fully saturated rings. The molecule has 4 nitrogen and oxygen atoms in total. The van der Waals surface area contributed by atoms with Gasteiger partial charge in [0.2, 0.25) is 0 Å².